The molecule has 1 amide bonds. The van der Waals surface area contributed by atoms with Crippen LogP contribution in [0.25, 0.3) is 0 Å². The van der Waals surface area contributed by atoms with Gasteiger partial charge in [-0.15, -0.1) is 0 Å². The van der Waals surface area contributed by atoms with E-state index in [-0.39, 0.29) is 18.0 Å². The third-order valence-electron chi connectivity index (χ3n) is 1.90. The summed E-state index contributed by atoms with van der Waals surface area (Å²) >= 11 is 0. The third kappa shape index (κ3) is 4.33. The van der Waals surface area contributed by atoms with E-state index in [1.54, 1.807) is 18.2 Å². The van der Waals surface area contributed by atoms with Crippen LogP contribution in [0.2, 0.25) is 0 Å². The number of sulfonamides is 1. The summed E-state index contributed by atoms with van der Waals surface area (Å²) in [5.41, 5.74) is 0. The van der Waals surface area contributed by atoms with Crippen LogP contribution in [0.1, 0.15) is 0 Å². The number of benzene rings is 1. The van der Waals surface area contributed by atoms with Crippen LogP contribution in [0.15, 0.2) is 35.2 Å². The summed E-state index contributed by atoms with van der Waals surface area (Å²) in [6.07, 6.45) is 0.379. The maximum absolute atomic E-state index is 11.7. The van der Waals surface area contributed by atoms with Crippen molar-refractivity contribution < 1.29 is 18.0 Å². The predicted molar refractivity (Wildman–Crippen MR) is 60.7 cm³/mol. The Balaban J connectivity index is 2.57. The summed E-state index contributed by atoms with van der Waals surface area (Å²) in [7, 11) is -3.67. The van der Waals surface area contributed by atoms with Crippen molar-refractivity contribution in [2.24, 2.45) is 0 Å². The fourth-order valence-corrected chi connectivity index (χ4v) is 2.11. The molecule has 0 radical (unpaired) electrons. The number of hydrogen-bond donors (Lipinski definition) is 2. The molecule has 0 aliphatic rings. The maximum Gasteiger partial charge on any atom is 0.240 e. The first-order chi connectivity index (χ1) is 8.06. The summed E-state index contributed by atoms with van der Waals surface area (Å²) in [4.78, 5) is 21.2. The lowest BCUT2D eigenvalue weighted by atomic mass is 10.4. The highest BCUT2D eigenvalue weighted by Gasteiger charge is 2.14. The minimum absolute atomic E-state index is 0.0937. The minimum atomic E-state index is -3.67. The van der Waals surface area contributed by atoms with E-state index in [0.717, 1.165) is 0 Å². The van der Waals surface area contributed by atoms with Gasteiger partial charge in [-0.25, -0.2) is 13.1 Å². The van der Waals surface area contributed by atoms with Crippen molar-refractivity contribution in [3.63, 3.8) is 0 Å². The first kappa shape index (κ1) is 13.3. The zero-order valence-electron chi connectivity index (χ0n) is 8.92. The largest absolute Gasteiger partial charge is 0.352 e. The van der Waals surface area contributed by atoms with Crippen LogP contribution >= 0.6 is 0 Å². The van der Waals surface area contributed by atoms with E-state index in [0.29, 0.717) is 6.41 Å². The molecule has 2 N–H and O–H groups in total. The molecule has 0 heterocycles. The second kappa shape index (κ2) is 6.12. The normalized spacial score (nSPS) is 10.8. The number of ketones is 1. The fraction of sp³-hybridized carbons (Fsp3) is 0.200. The molecule has 0 aliphatic heterocycles. The number of amides is 1. The lowest BCUT2D eigenvalue weighted by Crippen LogP contribution is -2.34. The van der Waals surface area contributed by atoms with Gasteiger partial charge in [0.2, 0.25) is 16.4 Å². The lowest BCUT2D eigenvalue weighted by molar-refractivity contribution is -0.119. The van der Waals surface area contributed by atoms with Crippen molar-refractivity contribution in [1.29, 1.82) is 0 Å². The molecule has 1 rings (SSSR count). The van der Waals surface area contributed by atoms with E-state index >= 15 is 0 Å². The van der Waals surface area contributed by atoms with E-state index in [2.05, 4.69) is 10.0 Å². The van der Waals surface area contributed by atoms with E-state index in [1.807, 2.05) is 0 Å². The SMILES string of the molecule is O=CNCC(=O)CNS(=O)(=O)c1ccccc1. The van der Waals surface area contributed by atoms with Gasteiger partial charge in [0.1, 0.15) is 0 Å². The van der Waals surface area contributed by atoms with Gasteiger partial charge in [-0.3, -0.25) is 9.59 Å². The number of hydrogen-bond acceptors (Lipinski definition) is 4. The molecule has 7 heteroatoms. The molecular weight excluding hydrogens is 244 g/mol. The van der Waals surface area contributed by atoms with Gasteiger partial charge in [-0.1, -0.05) is 18.2 Å². The Bertz CT molecular complexity index is 484. The number of Topliss-reactive ketones (excluding diaryl/α,β-unsaturated/α-hetero) is 1. The van der Waals surface area contributed by atoms with Gasteiger partial charge in [0.05, 0.1) is 18.0 Å². The maximum atomic E-state index is 11.7. The van der Waals surface area contributed by atoms with Crippen LogP contribution in [-0.2, 0) is 19.6 Å². The van der Waals surface area contributed by atoms with Crippen LogP contribution in [0.4, 0.5) is 0 Å². The van der Waals surface area contributed by atoms with E-state index in [4.69, 9.17) is 0 Å². The van der Waals surface area contributed by atoms with Crippen LogP contribution in [0.5, 0.6) is 0 Å². The van der Waals surface area contributed by atoms with Crippen molar-refractivity contribution in [3.8, 4) is 0 Å². The summed E-state index contributed by atoms with van der Waals surface area (Å²) in [5, 5.41) is 2.16. The van der Waals surface area contributed by atoms with Gasteiger partial charge in [0, 0.05) is 0 Å². The van der Waals surface area contributed by atoms with Crippen LogP contribution in [0.3, 0.4) is 0 Å². The quantitative estimate of drug-likeness (QED) is 0.630. The molecule has 0 atom stereocenters. The molecular formula is C10H12N2O4S. The smallest absolute Gasteiger partial charge is 0.240 e. The number of carbonyl (C=O) groups is 2. The third-order valence-corrected chi connectivity index (χ3v) is 3.31. The van der Waals surface area contributed by atoms with Crippen molar-refractivity contribution in [3.05, 3.63) is 30.3 Å². The van der Waals surface area contributed by atoms with Crippen molar-refractivity contribution in [2.75, 3.05) is 13.1 Å². The Morgan fingerprint density at radius 3 is 2.41 bits per heavy atom. The van der Waals surface area contributed by atoms with Gasteiger partial charge in [-0.2, -0.15) is 0 Å². The zero-order chi connectivity index (χ0) is 12.7. The Morgan fingerprint density at radius 2 is 1.82 bits per heavy atom. The van der Waals surface area contributed by atoms with Gasteiger partial charge < -0.3 is 5.32 Å². The Morgan fingerprint density at radius 1 is 1.18 bits per heavy atom. The molecule has 0 aliphatic carbocycles. The molecule has 0 saturated heterocycles. The lowest BCUT2D eigenvalue weighted by Gasteiger charge is -2.05. The van der Waals surface area contributed by atoms with Gasteiger partial charge >= 0.3 is 0 Å². The average molecular weight is 256 g/mol. The van der Waals surface area contributed by atoms with Crippen molar-refractivity contribution >= 4 is 22.2 Å². The number of rotatable bonds is 7. The molecule has 0 unspecified atom stereocenters. The Labute approximate surface area is 99.1 Å². The topological polar surface area (TPSA) is 92.3 Å². The first-order valence-corrected chi connectivity index (χ1v) is 6.28. The first-order valence-electron chi connectivity index (χ1n) is 4.79. The molecule has 6 nitrogen and oxygen atoms in total. The van der Waals surface area contributed by atoms with E-state index in [1.165, 1.54) is 12.1 Å². The molecule has 0 fully saturated rings. The summed E-state index contributed by atoms with van der Waals surface area (Å²) in [5.74, 6) is -0.420. The molecule has 17 heavy (non-hydrogen) atoms. The van der Waals surface area contributed by atoms with E-state index in [9.17, 15) is 18.0 Å². The highest BCUT2D eigenvalue weighted by Crippen LogP contribution is 2.06. The molecule has 92 valence electrons. The average Bonchev–Trinajstić information content (AvgIpc) is 2.35. The van der Waals surface area contributed by atoms with Gasteiger partial charge in [0.15, 0.2) is 5.78 Å². The van der Waals surface area contributed by atoms with Crippen molar-refractivity contribution in [1.82, 2.24) is 10.0 Å². The minimum Gasteiger partial charge on any atom is -0.352 e. The molecule has 1 aromatic carbocycles. The highest BCUT2D eigenvalue weighted by molar-refractivity contribution is 7.89. The molecule has 1 aromatic rings. The zero-order valence-corrected chi connectivity index (χ0v) is 9.74. The standard InChI is InChI=1S/C10H12N2O4S/c13-8-11-6-9(14)7-12-17(15,16)10-4-2-1-3-5-10/h1-5,8,12H,6-7H2,(H,11,13). The second-order valence-electron chi connectivity index (χ2n) is 3.18. The molecule has 0 spiro atoms. The van der Waals surface area contributed by atoms with Crippen molar-refractivity contribution in [2.45, 2.75) is 4.90 Å². The number of carbonyl (C=O) groups excluding carboxylic acids is 2. The Hall–Kier alpha value is -1.73. The van der Waals surface area contributed by atoms with Crippen LogP contribution in [0, 0.1) is 0 Å². The summed E-state index contributed by atoms with van der Waals surface area (Å²) < 4.78 is 25.5. The predicted octanol–water partition coefficient (Wildman–Crippen LogP) is -0.720. The van der Waals surface area contributed by atoms with Crippen LogP contribution in [-0.4, -0.2) is 33.7 Å². The number of nitrogens with one attached hydrogen (secondary N) is 2. The molecule has 0 saturated carbocycles. The van der Waals surface area contributed by atoms with Crippen LogP contribution < -0.4 is 10.0 Å². The summed E-state index contributed by atoms with van der Waals surface area (Å²) in [6.45, 7) is -0.543. The fourth-order valence-electron chi connectivity index (χ4n) is 1.08. The second-order valence-corrected chi connectivity index (χ2v) is 4.94. The summed E-state index contributed by atoms with van der Waals surface area (Å²) in [6, 6.07) is 7.72. The van der Waals surface area contributed by atoms with Gasteiger partial charge in [0.25, 0.3) is 0 Å². The highest BCUT2D eigenvalue weighted by atomic mass is 32.2. The van der Waals surface area contributed by atoms with E-state index < -0.39 is 15.8 Å². The molecule has 0 bridgehead atoms. The van der Waals surface area contributed by atoms with Gasteiger partial charge in [-0.05, 0) is 12.1 Å². The molecule has 0 aromatic heterocycles. The monoisotopic (exact) mass is 256 g/mol. The Kier molecular flexibility index (Phi) is 4.80.